The summed E-state index contributed by atoms with van der Waals surface area (Å²) in [6, 6.07) is 8.57. The molecule has 0 saturated carbocycles. The van der Waals surface area contributed by atoms with Gasteiger partial charge in [-0.1, -0.05) is 26.0 Å². The lowest BCUT2D eigenvalue weighted by Crippen LogP contribution is -2.35. The number of sulfonamides is 1. The molecule has 144 valence electrons. The minimum Gasteiger partial charge on any atom is -0.481 e. The summed E-state index contributed by atoms with van der Waals surface area (Å²) in [7, 11) is -3.86. The molecular formula is C17H19N3O6S. The highest BCUT2D eigenvalue weighted by atomic mass is 32.2. The first kappa shape index (κ1) is 20.5. The molecule has 27 heavy (non-hydrogen) atoms. The minimum absolute atomic E-state index is 0.0129. The summed E-state index contributed by atoms with van der Waals surface area (Å²) in [6.45, 7) is 3.21. The molecule has 0 aliphatic heterocycles. The fourth-order valence-corrected chi connectivity index (χ4v) is 3.42. The van der Waals surface area contributed by atoms with Crippen molar-refractivity contribution in [1.29, 1.82) is 0 Å². The smallest absolute Gasteiger partial charge is 0.308 e. The van der Waals surface area contributed by atoms with Crippen LogP contribution in [0.1, 0.15) is 13.8 Å². The van der Waals surface area contributed by atoms with Gasteiger partial charge in [0.2, 0.25) is 10.0 Å². The first-order valence-electron chi connectivity index (χ1n) is 8.05. The van der Waals surface area contributed by atoms with Crippen molar-refractivity contribution in [3.8, 4) is 11.3 Å². The number of nitrogens with zero attached hydrogens (tertiary/aromatic N) is 2. The summed E-state index contributed by atoms with van der Waals surface area (Å²) in [5, 5.41) is 19.8. The van der Waals surface area contributed by atoms with Gasteiger partial charge in [0.05, 0.1) is 21.4 Å². The normalized spacial score (nSPS) is 12.7. The van der Waals surface area contributed by atoms with Crippen LogP contribution in [0.25, 0.3) is 11.3 Å². The van der Waals surface area contributed by atoms with Crippen LogP contribution in [0.5, 0.6) is 0 Å². The fourth-order valence-electron chi connectivity index (χ4n) is 2.36. The van der Waals surface area contributed by atoms with Crippen LogP contribution in [0.15, 0.2) is 47.5 Å². The number of aromatic nitrogens is 1. The second-order valence-corrected chi connectivity index (χ2v) is 7.99. The van der Waals surface area contributed by atoms with Gasteiger partial charge in [-0.15, -0.1) is 0 Å². The Balaban J connectivity index is 2.15. The third-order valence-corrected chi connectivity index (χ3v) is 5.47. The molecule has 0 aliphatic carbocycles. The summed E-state index contributed by atoms with van der Waals surface area (Å²) in [5.41, 5.74) is 0.915. The van der Waals surface area contributed by atoms with Crippen LogP contribution in [-0.4, -0.2) is 35.9 Å². The van der Waals surface area contributed by atoms with Gasteiger partial charge in [-0.05, 0) is 24.1 Å². The predicted octanol–water partition coefficient (Wildman–Crippen LogP) is 2.29. The molecule has 10 heteroatoms. The maximum absolute atomic E-state index is 12.4. The highest BCUT2D eigenvalue weighted by Gasteiger charge is 2.24. The van der Waals surface area contributed by atoms with Crippen molar-refractivity contribution in [3.05, 3.63) is 52.7 Å². The van der Waals surface area contributed by atoms with Crippen LogP contribution in [0, 0.1) is 22.0 Å². The van der Waals surface area contributed by atoms with Crippen LogP contribution in [0.2, 0.25) is 0 Å². The van der Waals surface area contributed by atoms with Gasteiger partial charge in [0.15, 0.2) is 0 Å². The van der Waals surface area contributed by atoms with Gasteiger partial charge in [0, 0.05) is 18.2 Å². The molecule has 0 amide bonds. The Bertz CT molecular complexity index is 924. The molecule has 1 aromatic heterocycles. The lowest BCUT2D eigenvalue weighted by atomic mass is 9.97. The maximum atomic E-state index is 12.4. The van der Waals surface area contributed by atoms with E-state index in [1.807, 2.05) is 0 Å². The molecule has 1 atom stereocenters. The number of rotatable bonds is 8. The molecule has 1 aromatic carbocycles. The van der Waals surface area contributed by atoms with Gasteiger partial charge >= 0.3 is 5.97 Å². The van der Waals surface area contributed by atoms with Crippen molar-refractivity contribution in [2.45, 2.75) is 18.7 Å². The highest BCUT2D eigenvalue weighted by molar-refractivity contribution is 7.89. The Morgan fingerprint density at radius 3 is 2.30 bits per heavy atom. The van der Waals surface area contributed by atoms with E-state index in [1.54, 1.807) is 13.8 Å². The first-order chi connectivity index (χ1) is 12.6. The minimum atomic E-state index is -3.86. The molecule has 0 fully saturated rings. The van der Waals surface area contributed by atoms with Crippen molar-refractivity contribution >= 4 is 21.7 Å². The highest BCUT2D eigenvalue weighted by Crippen LogP contribution is 2.21. The number of pyridine rings is 1. The standard InChI is InChI=1S/C17H19N3O6S/c1-11(2)15(17(21)22)10-19-27(25,26)14-6-3-12(4-7-14)16-8-5-13(9-18-16)20(23)24/h3-9,11,15,19H,10H2,1-2H3,(H,21,22)/t15-/m1/s1. The molecule has 0 spiro atoms. The zero-order chi connectivity index (χ0) is 20.2. The van der Waals surface area contributed by atoms with Gasteiger partial charge in [-0.25, -0.2) is 18.1 Å². The second kappa shape index (κ2) is 8.23. The Hall–Kier alpha value is -2.85. The van der Waals surface area contributed by atoms with Gasteiger partial charge in [0.25, 0.3) is 5.69 Å². The van der Waals surface area contributed by atoms with Crippen LogP contribution < -0.4 is 4.72 Å². The molecule has 2 rings (SSSR count). The first-order valence-corrected chi connectivity index (χ1v) is 9.53. The van der Waals surface area contributed by atoms with E-state index in [0.29, 0.717) is 11.3 Å². The number of nitro groups is 1. The van der Waals surface area contributed by atoms with E-state index in [-0.39, 0.29) is 23.0 Å². The molecule has 0 unspecified atom stereocenters. The Kier molecular flexibility index (Phi) is 6.24. The number of aliphatic carboxylic acids is 1. The van der Waals surface area contributed by atoms with Crippen molar-refractivity contribution in [2.24, 2.45) is 11.8 Å². The van der Waals surface area contributed by atoms with Crippen molar-refractivity contribution in [1.82, 2.24) is 9.71 Å². The van der Waals surface area contributed by atoms with Gasteiger partial charge < -0.3 is 5.11 Å². The molecule has 2 N–H and O–H groups in total. The molecule has 0 bridgehead atoms. The number of benzene rings is 1. The Morgan fingerprint density at radius 1 is 1.22 bits per heavy atom. The predicted molar refractivity (Wildman–Crippen MR) is 97.5 cm³/mol. The van der Waals surface area contributed by atoms with Gasteiger partial charge in [0.1, 0.15) is 6.20 Å². The van der Waals surface area contributed by atoms with Crippen molar-refractivity contribution in [3.63, 3.8) is 0 Å². The number of carboxylic acid groups (broad SMARTS) is 1. The van der Waals surface area contributed by atoms with E-state index in [2.05, 4.69) is 9.71 Å². The molecule has 0 saturated heterocycles. The number of nitrogens with one attached hydrogen (secondary N) is 1. The molecular weight excluding hydrogens is 374 g/mol. The molecule has 0 aliphatic rings. The summed E-state index contributed by atoms with van der Waals surface area (Å²) < 4.78 is 27.0. The quantitative estimate of drug-likeness (QED) is 0.518. The average molecular weight is 393 g/mol. The second-order valence-electron chi connectivity index (χ2n) is 6.22. The van der Waals surface area contributed by atoms with E-state index < -0.39 is 26.8 Å². The van der Waals surface area contributed by atoms with E-state index in [0.717, 1.165) is 6.20 Å². The van der Waals surface area contributed by atoms with E-state index in [4.69, 9.17) is 5.11 Å². The summed E-state index contributed by atoms with van der Waals surface area (Å²) >= 11 is 0. The van der Waals surface area contributed by atoms with Crippen LogP contribution in [0.4, 0.5) is 5.69 Å². The molecule has 2 aromatic rings. The van der Waals surface area contributed by atoms with E-state index in [9.17, 15) is 23.3 Å². The SMILES string of the molecule is CC(C)[C@@H](CNS(=O)(=O)c1ccc(-c2ccc([N+](=O)[O-])cn2)cc1)C(=O)O. The largest absolute Gasteiger partial charge is 0.481 e. The number of hydrogen-bond acceptors (Lipinski definition) is 6. The summed E-state index contributed by atoms with van der Waals surface area (Å²) in [5.74, 6) is -2.11. The third-order valence-electron chi connectivity index (χ3n) is 4.03. The number of carbonyl (C=O) groups is 1. The summed E-state index contributed by atoms with van der Waals surface area (Å²) in [6.07, 6.45) is 1.12. The van der Waals surface area contributed by atoms with E-state index >= 15 is 0 Å². The van der Waals surface area contributed by atoms with Crippen LogP contribution >= 0.6 is 0 Å². The Morgan fingerprint density at radius 2 is 1.85 bits per heavy atom. The van der Waals surface area contributed by atoms with Crippen LogP contribution in [-0.2, 0) is 14.8 Å². The number of hydrogen-bond donors (Lipinski definition) is 2. The molecule has 1 heterocycles. The topological polar surface area (TPSA) is 140 Å². The van der Waals surface area contributed by atoms with E-state index in [1.165, 1.54) is 36.4 Å². The molecule has 0 radical (unpaired) electrons. The Labute approximate surface area is 156 Å². The van der Waals surface area contributed by atoms with Crippen molar-refractivity contribution in [2.75, 3.05) is 6.54 Å². The lowest BCUT2D eigenvalue weighted by Gasteiger charge is -2.16. The zero-order valence-corrected chi connectivity index (χ0v) is 15.5. The monoisotopic (exact) mass is 393 g/mol. The van der Waals surface area contributed by atoms with Gasteiger partial charge in [-0.3, -0.25) is 14.9 Å². The fraction of sp³-hybridized carbons (Fsp3) is 0.294. The van der Waals surface area contributed by atoms with Gasteiger partial charge in [-0.2, -0.15) is 0 Å². The van der Waals surface area contributed by atoms with Crippen LogP contribution in [0.3, 0.4) is 0 Å². The number of carboxylic acids is 1. The third kappa shape index (κ3) is 5.08. The summed E-state index contributed by atoms with van der Waals surface area (Å²) in [4.78, 5) is 25.3. The lowest BCUT2D eigenvalue weighted by molar-refractivity contribution is -0.385. The van der Waals surface area contributed by atoms with Crippen molar-refractivity contribution < 1.29 is 23.2 Å². The zero-order valence-electron chi connectivity index (χ0n) is 14.7. The molecule has 9 nitrogen and oxygen atoms in total. The average Bonchev–Trinajstić information content (AvgIpc) is 2.61. The maximum Gasteiger partial charge on any atom is 0.308 e.